The number of nitrogens with one attached hydrogen (secondary N) is 1. The Kier molecular flexibility index (Phi) is 2.12. The normalized spacial score (nSPS) is 40.1. The molecule has 1 aliphatic carbocycles. The maximum absolute atomic E-state index is 13.3. The highest BCUT2D eigenvalue weighted by atomic mass is 19.1. The van der Waals surface area contributed by atoms with Crippen LogP contribution in [0.3, 0.4) is 0 Å². The molecule has 0 amide bonds. The molecule has 1 heterocycles. The first-order valence-corrected chi connectivity index (χ1v) is 4.72. The summed E-state index contributed by atoms with van der Waals surface area (Å²) in [5, 5.41) is 3.27. The first kappa shape index (κ1) is 7.53. The molecule has 1 saturated heterocycles. The Bertz CT molecular complexity index is 132. The van der Waals surface area contributed by atoms with Crippen LogP contribution < -0.4 is 5.32 Å². The van der Waals surface area contributed by atoms with Crippen LogP contribution in [-0.4, -0.2) is 19.3 Å². The summed E-state index contributed by atoms with van der Waals surface area (Å²) >= 11 is 0. The van der Waals surface area contributed by atoms with Crippen LogP contribution in [0.1, 0.15) is 25.7 Å². The summed E-state index contributed by atoms with van der Waals surface area (Å²) in [6, 6.07) is 0. The largest absolute Gasteiger partial charge is 0.316 e. The average Bonchev–Trinajstić information content (AvgIpc) is 1.90. The maximum Gasteiger partial charge on any atom is 0.106 e. The summed E-state index contributed by atoms with van der Waals surface area (Å²) in [6.07, 6.45) is 4.09. The molecule has 0 spiro atoms. The van der Waals surface area contributed by atoms with E-state index in [0.717, 1.165) is 19.5 Å². The number of hydrogen-bond acceptors (Lipinski definition) is 1. The fourth-order valence-electron chi connectivity index (χ4n) is 2.18. The van der Waals surface area contributed by atoms with Gasteiger partial charge in [0.1, 0.15) is 6.17 Å². The van der Waals surface area contributed by atoms with Gasteiger partial charge in [-0.3, -0.25) is 0 Å². The standard InChI is InChI=1S/C9H16FN/c10-9-4-5-11-6-8(9)7-2-1-3-7/h7-9,11H,1-6H2. The zero-order valence-corrected chi connectivity index (χ0v) is 6.85. The van der Waals surface area contributed by atoms with E-state index in [4.69, 9.17) is 0 Å². The van der Waals surface area contributed by atoms with Crippen molar-refractivity contribution < 1.29 is 4.39 Å². The lowest BCUT2D eigenvalue weighted by Gasteiger charge is -2.38. The first-order chi connectivity index (χ1) is 5.38. The van der Waals surface area contributed by atoms with Crippen molar-refractivity contribution in [3.63, 3.8) is 0 Å². The van der Waals surface area contributed by atoms with Gasteiger partial charge in [-0.15, -0.1) is 0 Å². The van der Waals surface area contributed by atoms with Crippen LogP contribution in [0.15, 0.2) is 0 Å². The Balaban J connectivity index is 1.88. The Hall–Kier alpha value is -0.110. The molecule has 2 aliphatic rings. The van der Waals surface area contributed by atoms with E-state index in [1.165, 1.54) is 19.3 Å². The number of rotatable bonds is 1. The monoisotopic (exact) mass is 157 g/mol. The molecule has 2 fully saturated rings. The van der Waals surface area contributed by atoms with Crippen LogP contribution in [0.2, 0.25) is 0 Å². The number of halogens is 1. The van der Waals surface area contributed by atoms with E-state index in [1.807, 2.05) is 0 Å². The van der Waals surface area contributed by atoms with Crippen molar-refractivity contribution in [3.05, 3.63) is 0 Å². The van der Waals surface area contributed by atoms with Crippen LogP contribution in [0.25, 0.3) is 0 Å². The summed E-state index contributed by atoms with van der Waals surface area (Å²) in [7, 11) is 0. The second kappa shape index (κ2) is 3.10. The molecule has 1 nitrogen and oxygen atoms in total. The van der Waals surface area contributed by atoms with Crippen molar-refractivity contribution >= 4 is 0 Å². The van der Waals surface area contributed by atoms with E-state index in [2.05, 4.69) is 5.32 Å². The molecule has 2 heteroatoms. The minimum absolute atomic E-state index is 0.345. The van der Waals surface area contributed by atoms with Crippen molar-refractivity contribution in [2.75, 3.05) is 13.1 Å². The SMILES string of the molecule is FC1CCNCC1C1CCC1. The van der Waals surface area contributed by atoms with Gasteiger partial charge in [-0.05, 0) is 18.9 Å². The Morgan fingerprint density at radius 1 is 1.18 bits per heavy atom. The predicted molar refractivity (Wildman–Crippen MR) is 43.2 cm³/mol. The molecule has 0 aromatic heterocycles. The Morgan fingerprint density at radius 3 is 2.55 bits per heavy atom. The fraction of sp³-hybridized carbons (Fsp3) is 1.00. The molecule has 0 radical (unpaired) electrons. The first-order valence-electron chi connectivity index (χ1n) is 4.72. The third-order valence-electron chi connectivity index (χ3n) is 3.20. The summed E-state index contributed by atoms with van der Waals surface area (Å²) < 4.78 is 13.3. The van der Waals surface area contributed by atoms with E-state index in [1.54, 1.807) is 0 Å². The minimum Gasteiger partial charge on any atom is -0.316 e. The Labute approximate surface area is 67.4 Å². The van der Waals surface area contributed by atoms with Crippen molar-refractivity contribution in [2.45, 2.75) is 31.9 Å². The molecule has 64 valence electrons. The molecule has 1 N–H and O–H groups in total. The molecule has 0 bridgehead atoms. The van der Waals surface area contributed by atoms with Gasteiger partial charge in [0, 0.05) is 12.5 Å². The van der Waals surface area contributed by atoms with E-state index in [9.17, 15) is 4.39 Å². The van der Waals surface area contributed by atoms with E-state index >= 15 is 0 Å². The van der Waals surface area contributed by atoms with Crippen molar-refractivity contribution in [1.82, 2.24) is 5.32 Å². The molecule has 0 aromatic carbocycles. The van der Waals surface area contributed by atoms with Gasteiger partial charge in [0.2, 0.25) is 0 Å². The quantitative estimate of drug-likeness (QED) is 0.611. The summed E-state index contributed by atoms with van der Waals surface area (Å²) in [5.74, 6) is 1.05. The molecule has 1 saturated carbocycles. The van der Waals surface area contributed by atoms with Crippen LogP contribution in [0.4, 0.5) is 4.39 Å². The van der Waals surface area contributed by atoms with Gasteiger partial charge in [-0.25, -0.2) is 4.39 Å². The molecular formula is C9H16FN. The average molecular weight is 157 g/mol. The second-order valence-electron chi connectivity index (χ2n) is 3.86. The zero-order chi connectivity index (χ0) is 7.68. The molecule has 2 rings (SSSR count). The van der Waals surface area contributed by atoms with Gasteiger partial charge in [0.05, 0.1) is 0 Å². The molecule has 2 atom stereocenters. The van der Waals surface area contributed by atoms with Crippen molar-refractivity contribution in [3.8, 4) is 0 Å². The van der Waals surface area contributed by atoms with Crippen LogP contribution in [0, 0.1) is 11.8 Å². The van der Waals surface area contributed by atoms with Gasteiger partial charge in [0.25, 0.3) is 0 Å². The summed E-state index contributed by atoms with van der Waals surface area (Å²) in [4.78, 5) is 0. The third kappa shape index (κ3) is 1.41. The van der Waals surface area contributed by atoms with Gasteiger partial charge in [-0.1, -0.05) is 19.3 Å². The zero-order valence-electron chi connectivity index (χ0n) is 6.85. The van der Waals surface area contributed by atoms with Gasteiger partial charge < -0.3 is 5.32 Å². The number of alkyl halides is 1. The lowest BCUT2D eigenvalue weighted by Crippen LogP contribution is -2.43. The lowest BCUT2D eigenvalue weighted by molar-refractivity contribution is 0.0828. The topological polar surface area (TPSA) is 12.0 Å². The van der Waals surface area contributed by atoms with Crippen LogP contribution in [-0.2, 0) is 0 Å². The predicted octanol–water partition coefficient (Wildman–Crippen LogP) is 1.73. The van der Waals surface area contributed by atoms with E-state index in [-0.39, 0.29) is 0 Å². The lowest BCUT2D eigenvalue weighted by atomic mass is 9.72. The van der Waals surface area contributed by atoms with Gasteiger partial charge in [-0.2, -0.15) is 0 Å². The minimum atomic E-state index is -0.512. The molecule has 11 heavy (non-hydrogen) atoms. The molecule has 1 aliphatic heterocycles. The van der Waals surface area contributed by atoms with Crippen molar-refractivity contribution in [2.24, 2.45) is 11.8 Å². The molecule has 0 aromatic rings. The maximum atomic E-state index is 13.3. The number of piperidine rings is 1. The van der Waals surface area contributed by atoms with Crippen LogP contribution >= 0.6 is 0 Å². The highest BCUT2D eigenvalue weighted by molar-refractivity contribution is 4.86. The fourth-order valence-corrected chi connectivity index (χ4v) is 2.18. The molecular weight excluding hydrogens is 141 g/mol. The summed E-state index contributed by atoms with van der Waals surface area (Å²) in [6.45, 7) is 1.80. The third-order valence-corrected chi connectivity index (χ3v) is 3.20. The smallest absolute Gasteiger partial charge is 0.106 e. The van der Waals surface area contributed by atoms with E-state index in [0.29, 0.717) is 11.8 Å². The number of hydrogen-bond donors (Lipinski definition) is 1. The molecule has 2 unspecified atom stereocenters. The second-order valence-corrected chi connectivity index (χ2v) is 3.86. The van der Waals surface area contributed by atoms with Crippen LogP contribution in [0.5, 0.6) is 0 Å². The highest BCUT2D eigenvalue weighted by Crippen LogP contribution is 2.37. The van der Waals surface area contributed by atoms with Gasteiger partial charge in [0.15, 0.2) is 0 Å². The summed E-state index contributed by atoms with van der Waals surface area (Å²) in [5.41, 5.74) is 0. The highest BCUT2D eigenvalue weighted by Gasteiger charge is 2.34. The van der Waals surface area contributed by atoms with Gasteiger partial charge >= 0.3 is 0 Å². The Morgan fingerprint density at radius 2 is 2.00 bits per heavy atom. The van der Waals surface area contributed by atoms with E-state index < -0.39 is 6.17 Å². The van der Waals surface area contributed by atoms with Crippen molar-refractivity contribution in [1.29, 1.82) is 0 Å².